The van der Waals surface area contributed by atoms with E-state index < -0.39 is 0 Å². The fourth-order valence-corrected chi connectivity index (χ4v) is 4.24. The molecular weight excluding hydrogens is 383 g/mol. The predicted molar refractivity (Wildman–Crippen MR) is 118 cm³/mol. The molecule has 0 bridgehead atoms. The topological polar surface area (TPSA) is 17.4 Å². The van der Waals surface area contributed by atoms with Gasteiger partial charge in [0, 0.05) is 23.0 Å². The third-order valence-electron chi connectivity index (χ3n) is 4.98. The van der Waals surface area contributed by atoms with E-state index in [1.54, 1.807) is 17.4 Å². The Labute approximate surface area is 175 Å². The zero-order chi connectivity index (χ0) is 20.2. The van der Waals surface area contributed by atoms with Gasteiger partial charge in [-0.1, -0.05) is 36.4 Å². The van der Waals surface area contributed by atoms with E-state index in [2.05, 4.69) is 36.6 Å². The minimum atomic E-state index is -0.209. The molecule has 4 aromatic rings. The Morgan fingerprint density at radius 1 is 1.03 bits per heavy atom. The Kier molecular flexibility index (Phi) is 5.97. The van der Waals surface area contributed by atoms with E-state index in [-0.39, 0.29) is 5.82 Å². The largest absolute Gasteiger partial charge is 0.488 e. The van der Waals surface area contributed by atoms with Crippen LogP contribution in [0.25, 0.3) is 10.9 Å². The van der Waals surface area contributed by atoms with Gasteiger partial charge < -0.3 is 14.2 Å². The number of nitrogens with zero attached hydrogens (tertiary/aromatic N) is 2. The van der Waals surface area contributed by atoms with Crippen molar-refractivity contribution >= 4 is 22.2 Å². The Morgan fingerprint density at radius 3 is 2.59 bits per heavy atom. The molecule has 29 heavy (non-hydrogen) atoms. The van der Waals surface area contributed by atoms with Crippen molar-refractivity contribution in [2.45, 2.75) is 19.6 Å². The lowest BCUT2D eigenvalue weighted by Crippen LogP contribution is -2.15. The number of benzene rings is 2. The highest BCUT2D eigenvalue weighted by atomic mass is 32.1. The van der Waals surface area contributed by atoms with Gasteiger partial charge in [0.25, 0.3) is 0 Å². The molecule has 0 spiro atoms. The summed E-state index contributed by atoms with van der Waals surface area (Å²) in [5.41, 5.74) is 2.84. The molecule has 150 valence electrons. The zero-order valence-corrected chi connectivity index (χ0v) is 17.6. The number of aromatic nitrogens is 1. The van der Waals surface area contributed by atoms with Crippen molar-refractivity contribution < 1.29 is 9.13 Å². The number of likely N-dealkylation sites (N-methyl/N-ethyl adjacent to an activating group) is 1. The second kappa shape index (κ2) is 8.80. The van der Waals surface area contributed by atoms with Gasteiger partial charge in [0.1, 0.15) is 18.2 Å². The number of hydrogen-bond donors (Lipinski definition) is 0. The van der Waals surface area contributed by atoms with Crippen LogP contribution >= 0.6 is 11.3 Å². The molecule has 0 saturated heterocycles. The summed E-state index contributed by atoms with van der Waals surface area (Å²) in [7, 11) is 4.11. The van der Waals surface area contributed by atoms with Crippen LogP contribution in [0.5, 0.6) is 5.75 Å². The van der Waals surface area contributed by atoms with Gasteiger partial charge in [-0.25, -0.2) is 4.39 Å². The van der Waals surface area contributed by atoms with E-state index >= 15 is 0 Å². The summed E-state index contributed by atoms with van der Waals surface area (Å²) in [5, 5.41) is 2.94. The molecule has 0 aliphatic heterocycles. The summed E-state index contributed by atoms with van der Waals surface area (Å²) < 4.78 is 23.1. The molecule has 0 N–H and O–H groups in total. The van der Waals surface area contributed by atoms with Gasteiger partial charge in [-0.3, -0.25) is 0 Å². The molecule has 0 fully saturated rings. The zero-order valence-electron chi connectivity index (χ0n) is 16.8. The van der Waals surface area contributed by atoms with E-state index in [9.17, 15) is 4.39 Å². The number of thiophene rings is 1. The van der Waals surface area contributed by atoms with Crippen molar-refractivity contribution in [1.82, 2.24) is 9.47 Å². The number of rotatable bonds is 8. The van der Waals surface area contributed by atoms with Crippen LogP contribution in [0.15, 0.2) is 66.2 Å². The van der Waals surface area contributed by atoms with Crippen molar-refractivity contribution in [3.05, 3.63) is 88.0 Å². The highest BCUT2D eigenvalue weighted by molar-refractivity contribution is 7.09. The van der Waals surface area contributed by atoms with E-state index in [0.717, 1.165) is 35.2 Å². The quantitative estimate of drug-likeness (QED) is 0.379. The lowest BCUT2D eigenvalue weighted by molar-refractivity contribution is 0.309. The van der Waals surface area contributed by atoms with Gasteiger partial charge in [-0.15, -0.1) is 11.3 Å². The highest BCUT2D eigenvalue weighted by Crippen LogP contribution is 2.34. The average molecular weight is 409 g/mol. The van der Waals surface area contributed by atoms with E-state index in [1.807, 2.05) is 41.0 Å². The van der Waals surface area contributed by atoms with Crippen molar-refractivity contribution in [2.75, 3.05) is 20.6 Å². The smallest absolute Gasteiger partial charge is 0.147 e. The lowest BCUT2D eigenvalue weighted by atomic mass is 10.1. The number of halogens is 1. The molecule has 2 aromatic carbocycles. The second-order valence-electron chi connectivity index (χ2n) is 7.46. The van der Waals surface area contributed by atoms with Crippen LogP contribution < -0.4 is 4.74 Å². The molecule has 3 nitrogen and oxygen atoms in total. The average Bonchev–Trinajstić information content (AvgIpc) is 3.36. The summed E-state index contributed by atoms with van der Waals surface area (Å²) in [6.45, 7) is 2.02. The van der Waals surface area contributed by atoms with E-state index in [4.69, 9.17) is 4.74 Å². The van der Waals surface area contributed by atoms with Crippen LogP contribution in [0.3, 0.4) is 0 Å². The van der Waals surface area contributed by atoms with Crippen molar-refractivity contribution in [1.29, 1.82) is 0 Å². The number of hydrogen-bond acceptors (Lipinski definition) is 3. The standard InChI is InChI=1S/C24H25FN2OS/c1-26(2)13-12-19-15-27(16-20-9-6-14-29-20)24-21(25)10-11-22(23(19)24)28-17-18-7-4-3-5-8-18/h3-11,14-15H,12-13,16-17H2,1-2H3. The van der Waals surface area contributed by atoms with Crippen LogP contribution in [0, 0.1) is 5.82 Å². The van der Waals surface area contributed by atoms with Gasteiger partial charge in [-0.2, -0.15) is 0 Å². The third kappa shape index (κ3) is 4.52. The van der Waals surface area contributed by atoms with Crippen LogP contribution in [-0.4, -0.2) is 30.1 Å². The van der Waals surface area contributed by atoms with Crippen molar-refractivity contribution in [3.63, 3.8) is 0 Å². The monoisotopic (exact) mass is 408 g/mol. The molecular formula is C24H25FN2OS. The Balaban J connectivity index is 1.74. The van der Waals surface area contributed by atoms with E-state index in [1.165, 1.54) is 10.9 Å². The van der Waals surface area contributed by atoms with Gasteiger partial charge in [-0.05, 0) is 55.2 Å². The minimum absolute atomic E-state index is 0.209. The first-order valence-electron chi connectivity index (χ1n) is 9.76. The Bertz CT molecular complexity index is 1070. The first-order chi connectivity index (χ1) is 14.1. The predicted octanol–water partition coefficient (Wildman–Crippen LogP) is 5.57. The summed E-state index contributed by atoms with van der Waals surface area (Å²) in [6.07, 6.45) is 2.93. The van der Waals surface area contributed by atoms with Gasteiger partial charge >= 0.3 is 0 Å². The molecule has 0 aliphatic carbocycles. The minimum Gasteiger partial charge on any atom is -0.488 e. The first-order valence-corrected chi connectivity index (χ1v) is 10.6. The second-order valence-corrected chi connectivity index (χ2v) is 8.49. The van der Waals surface area contributed by atoms with Crippen LogP contribution in [0.2, 0.25) is 0 Å². The van der Waals surface area contributed by atoms with Gasteiger partial charge in [0.15, 0.2) is 0 Å². The SMILES string of the molecule is CN(C)CCc1cn(Cc2cccs2)c2c(F)ccc(OCc3ccccc3)c12. The van der Waals surface area contributed by atoms with E-state index in [0.29, 0.717) is 18.7 Å². The normalized spacial score (nSPS) is 11.4. The highest BCUT2D eigenvalue weighted by Gasteiger charge is 2.18. The van der Waals surface area contributed by atoms with Crippen LogP contribution in [0.1, 0.15) is 16.0 Å². The number of fused-ring (bicyclic) bond motifs is 1. The molecule has 4 rings (SSSR count). The fourth-order valence-electron chi connectivity index (χ4n) is 3.54. The molecule has 0 atom stereocenters. The molecule has 0 saturated carbocycles. The summed E-state index contributed by atoms with van der Waals surface area (Å²) in [5.74, 6) is 0.531. The summed E-state index contributed by atoms with van der Waals surface area (Å²) in [4.78, 5) is 3.35. The maximum atomic E-state index is 14.9. The van der Waals surface area contributed by atoms with Gasteiger partial charge in [0.05, 0.1) is 12.1 Å². The fraction of sp³-hybridized carbons (Fsp3) is 0.250. The molecule has 5 heteroatoms. The Morgan fingerprint density at radius 2 is 1.86 bits per heavy atom. The summed E-state index contributed by atoms with van der Waals surface area (Å²) in [6, 6.07) is 17.5. The molecule has 0 aliphatic rings. The number of ether oxygens (including phenoxy) is 1. The van der Waals surface area contributed by atoms with Crippen molar-refractivity contribution in [3.8, 4) is 5.75 Å². The lowest BCUT2D eigenvalue weighted by Gasteiger charge is -2.12. The van der Waals surface area contributed by atoms with Gasteiger partial charge in [0.2, 0.25) is 0 Å². The molecule has 2 heterocycles. The maximum Gasteiger partial charge on any atom is 0.147 e. The summed E-state index contributed by atoms with van der Waals surface area (Å²) >= 11 is 1.69. The molecule has 0 unspecified atom stereocenters. The first kappa shape index (κ1) is 19.7. The van der Waals surface area contributed by atoms with Crippen LogP contribution in [0.4, 0.5) is 4.39 Å². The maximum absolute atomic E-state index is 14.9. The van der Waals surface area contributed by atoms with Crippen LogP contribution in [-0.2, 0) is 19.6 Å². The van der Waals surface area contributed by atoms with Crippen molar-refractivity contribution in [2.24, 2.45) is 0 Å². The molecule has 2 aromatic heterocycles. The molecule has 0 radical (unpaired) electrons. The Hall–Kier alpha value is -2.63. The third-order valence-corrected chi connectivity index (χ3v) is 5.84. The molecule has 0 amide bonds.